The highest BCUT2D eigenvalue weighted by Gasteiger charge is 2.19. The van der Waals surface area contributed by atoms with Crippen molar-refractivity contribution in [1.82, 2.24) is 0 Å². The van der Waals surface area contributed by atoms with E-state index < -0.39 is 0 Å². The van der Waals surface area contributed by atoms with E-state index in [0.717, 1.165) is 0 Å². The standard InChI is InChI=1S/C14H26O2/c1-13(2,3)9-11(15)7-8-12(16)10-14(4,5)6/h7-10H2,1-6H3. The molecule has 0 aliphatic carbocycles. The lowest BCUT2D eigenvalue weighted by atomic mass is 9.86. The van der Waals surface area contributed by atoms with Crippen LogP contribution in [-0.2, 0) is 9.59 Å². The first-order chi connectivity index (χ1) is 6.99. The van der Waals surface area contributed by atoms with Gasteiger partial charge in [0.15, 0.2) is 0 Å². The summed E-state index contributed by atoms with van der Waals surface area (Å²) < 4.78 is 0. The van der Waals surface area contributed by atoms with Crippen LogP contribution in [0.1, 0.15) is 67.2 Å². The number of carbonyl (C=O) groups is 2. The molecule has 0 aliphatic heterocycles. The van der Waals surface area contributed by atoms with Crippen LogP contribution in [0, 0.1) is 10.8 Å². The number of hydrogen-bond donors (Lipinski definition) is 0. The van der Waals surface area contributed by atoms with Gasteiger partial charge in [0.05, 0.1) is 0 Å². The molecule has 0 aromatic carbocycles. The average molecular weight is 226 g/mol. The van der Waals surface area contributed by atoms with Crippen LogP contribution in [0.15, 0.2) is 0 Å². The molecule has 2 heteroatoms. The lowest BCUT2D eigenvalue weighted by Crippen LogP contribution is -2.16. The van der Waals surface area contributed by atoms with Gasteiger partial charge in [-0.1, -0.05) is 41.5 Å². The van der Waals surface area contributed by atoms with Gasteiger partial charge in [0, 0.05) is 25.7 Å². The van der Waals surface area contributed by atoms with Crippen molar-refractivity contribution in [3.63, 3.8) is 0 Å². The van der Waals surface area contributed by atoms with Crippen molar-refractivity contribution >= 4 is 11.6 Å². The first-order valence-corrected chi connectivity index (χ1v) is 6.03. The van der Waals surface area contributed by atoms with Gasteiger partial charge in [0.25, 0.3) is 0 Å². The van der Waals surface area contributed by atoms with Gasteiger partial charge in [-0.25, -0.2) is 0 Å². The number of ketones is 2. The molecule has 16 heavy (non-hydrogen) atoms. The maximum atomic E-state index is 11.6. The van der Waals surface area contributed by atoms with Gasteiger partial charge in [-0.15, -0.1) is 0 Å². The van der Waals surface area contributed by atoms with Crippen LogP contribution in [0.2, 0.25) is 0 Å². The summed E-state index contributed by atoms with van der Waals surface area (Å²) in [6.45, 7) is 12.3. The molecule has 0 aromatic rings. The van der Waals surface area contributed by atoms with E-state index in [0.29, 0.717) is 25.7 Å². The molecule has 0 aliphatic rings. The summed E-state index contributed by atoms with van der Waals surface area (Å²) in [7, 11) is 0. The molecule has 2 nitrogen and oxygen atoms in total. The Morgan fingerprint density at radius 3 is 1.12 bits per heavy atom. The van der Waals surface area contributed by atoms with Gasteiger partial charge < -0.3 is 0 Å². The van der Waals surface area contributed by atoms with E-state index in [1.54, 1.807) is 0 Å². The molecule has 0 fully saturated rings. The smallest absolute Gasteiger partial charge is 0.133 e. The Labute approximate surface area is 99.8 Å². The average Bonchev–Trinajstić information content (AvgIpc) is 1.94. The zero-order chi connectivity index (χ0) is 13.0. The number of rotatable bonds is 5. The van der Waals surface area contributed by atoms with Crippen LogP contribution >= 0.6 is 0 Å². The molecule has 0 N–H and O–H groups in total. The zero-order valence-electron chi connectivity index (χ0n) is 11.6. The van der Waals surface area contributed by atoms with Crippen molar-refractivity contribution in [2.45, 2.75) is 67.2 Å². The minimum absolute atomic E-state index is 0.0319. The Morgan fingerprint density at radius 1 is 0.688 bits per heavy atom. The third kappa shape index (κ3) is 9.88. The van der Waals surface area contributed by atoms with Crippen molar-refractivity contribution < 1.29 is 9.59 Å². The fourth-order valence-electron chi connectivity index (χ4n) is 1.64. The maximum absolute atomic E-state index is 11.6. The molecule has 0 heterocycles. The molecule has 0 aromatic heterocycles. The Bertz CT molecular complexity index is 223. The predicted molar refractivity (Wildman–Crippen MR) is 67.4 cm³/mol. The molecule has 0 bridgehead atoms. The molecule has 0 radical (unpaired) electrons. The van der Waals surface area contributed by atoms with E-state index >= 15 is 0 Å². The first kappa shape index (κ1) is 15.3. The summed E-state index contributed by atoms with van der Waals surface area (Å²) in [5, 5.41) is 0. The quantitative estimate of drug-likeness (QED) is 0.715. The molecule has 0 amide bonds. The van der Waals surface area contributed by atoms with Crippen molar-refractivity contribution in [1.29, 1.82) is 0 Å². The lowest BCUT2D eigenvalue weighted by molar-refractivity contribution is -0.126. The van der Waals surface area contributed by atoms with Crippen LogP contribution in [0.25, 0.3) is 0 Å². The monoisotopic (exact) mass is 226 g/mol. The van der Waals surface area contributed by atoms with Crippen LogP contribution < -0.4 is 0 Å². The zero-order valence-corrected chi connectivity index (χ0v) is 11.6. The normalized spacial score (nSPS) is 12.6. The Kier molecular flexibility index (Phi) is 5.37. The second-order valence-corrected chi connectivity index (χ2v) is 7.05. The van der Waals surface area contributed by atoms with Gasteiger partial charge in [0.1, 0.15) is 11.6 Å². The summed E-state index contributed by atoms with van der Waals surface area (Å²) in [4.78, 5) is 23.2. The van der Waals surface area contributed by atoms with Gasteiger partial charge in [0.2, 0.25) is 0 Å². The van der Waals surface area contributed by atoms with E-state index in [4.69, 9.17) is 0 Å². The largest absolute Gasteiger partial charge is 0.300 e. The molecular weight excluding hydrogens is 200 g/mol. The summed E-state index contributed by atoms with van der Waals surface area (Å²) >= 11 is 0. The molecule has 0 saturated carbocycles. The van der Waals surface area contributed by atoms with Crippen molar-refractivity contribution in [3.8, 4) is 0 Å². The van der Waals surface area contributed by atoms with Gasteiger partial charge in [-0.05, 0) is 10.8 Å². The van der Waals surface area contributed by atoms with Crippen molar-refractivity contribution in [3.05, 3.63) is 0 Å². The third-order valence-electron chi connectivity index (χ3n) is 2.14. The molecular formula is C14H26O2. The molecule has 0 saturated heterocycles. The molecule has 0 unspecified atom stereocenters. The number of Topliss-reactive ketones (excluding diaryl/α,β-unsaturated/α-hetero) is 2. The van der Waals surface area contributed by atoms with Crippen molar-refractivity contribution in [2.75, 3.05) is 0 Å². The number of carbonyl (C=O) groups excluding carboxylic acids is 2. The Balaban J connectivity index is 3.90. The minimum atomic E-state index is 0.0319. The van der Waals surface area contributed by atoms with E-state index in [2.05, 4.69) is 0 Å². The van der Waals surface area contributed by atoms with Crippen molar-refractivity contribution in [2.24, 2.45) is 10.8 Å². The number of hydrogen-bond acceptors (Lipinski definition) is 2. The summed E-state index contributed by atoms with van der Waals surface area (Å²) in [6, 6.07) is 0. The van der Waals surface area contributed by atoms with Crippen LogP contribution in [-0.4, -0.2) is 11.6 Å². The first-order valence-electron chi connectivity index (χ1n) is 6.03. The van der Waals surface area contributed by atoms with Crippen LogP contribution in [0.5, 0.6) is 0 Å². The minimum Gasteiger partial charge on any atom is -0.300 e. The molecule has 0 rings (SSSR count). The van der Waals surface area contributed by atoms with E-state index in [-0.39, 0.29) is 22.4 Å². The highest BCUT2D eigenvalue weighted by Crippen LogP contribution is 2.22. The Morgan fingerprint density at radius 2 is 0.938 bits per heavy atom. The van der Waals surface area contributed by atoms with Crippen LogP contribution in [0.4, 0.5) is 0 Å². The van der Waals surface area contributed by atoms with Gasteiger partial charge >= 0.3 is 0 Å². The second kappa shape index (κ2) is 5.60. The molecule has 0 spiro atoms. The summed E-state index contributed by atoms with van der Waals surface area (Å²) in [6.07, 6.45) is 1.95. The topological polar surface area (TPSA) is 34.1 Å². The van der Waals surface area contributed by atoms with Crippen LogP contribution in [0.3, 0.4) is 0 Å². The fourth-order valence-corrected chi connectivity index (χ4v) is 1.64. The maximum Gasteiger partial charge on any atom is 0.133 e. The lowest BCUT2D eigenvalue weighted by Gasteiger charge is -2.18. The van der Waals surface area contributed by atoms with Gasteiger partial charge in [-0.3, -0.25) is 9.59 Å². The van der Waals surface area contributed by atoms with E-state index in [1.165, 1.54) is 0 Å². The third-order valence-corrected chi connectivity index (χ3v) is 2.14. The van der Waals surface area contributed by atoms with E-state index in [9.17, 15) is 9.59 Å². The highest BCUT2D eigenvalue weighted by molar-refractivity contribution is 5.86. The highest BCUT2D eigenvalue weighted by atomic mass is 16.1. The fraction of sp³-hybridized carbons (Fsp3) is 0.857. The molecule has 0 atom stereocenters. The summed E-state index contributed by atoms with van der Waals surface area (Å²) in [5.41, 5.74) is 0.0638. The van der Waals surface area contributed by atoms with E-state index in [1.807, 2.05) is 41.5 Å². The SMILES string of the molecule is CC(C)(C)CC(=O)CCC(=O)CC(C)(C)C. The summed E-state index contributed by atoms with van der Waals surface area (Å²) in [5.74, 6) is 0.407. The molecule has 94 valence electrons. The second-order valence-electron chi connectivity index (χ2n) is 7.05. The Hall–Kier alpha value is -0.660. The van der Waals surface area contributed by atoms with Gasteiger partial charge in [-0.2, -0.15) is 0 Å². The predicted octanol–water partition coefficient (Wildman–Crippen LogP) is 3.78.